The Bertz CT molecular complexity index is 1780. The first-order valence-corrected chi connectivity index (χ1v) is 16.7. The molecule has 4 heterocycles. The summed E-state index contributed by atoms with van der Waals surface area (Å²) in [7, 11) is 0. The second kappa shape index (κ2) is 17.6. The Labute approximate surface area is 296 Å². The largest absolute Gasteiger partial charge is 0.506 e. The first-order valence-electron chi connectivity index (χ1n) is 14.4. The first kappa shape index (κ1) is 36.4. The van der Waals surface area contributed by atoms with E-state index in [1.54, 1.807) is 12.1 Å². The number of halogens is 4. The van der Waals surface area contributed by atoms with E-state index in [4.69, 9.17) is 23.2 Å². The molecule has 13 nitrogen and oxygen atoms in total. The number of aromatic nitrogens is 4. The van der Waals surface area contributed by atoms with E-state index >= 15 is 0 Å². The molecule has 0 saturated carbocycles. The number of nitrogens with one attached hydrogen (secondary N) is 3. The Hall–Kier alpha value is -3.47. The Morgan fingerprint density at radius 1 is 0.745 bits per heavy atom. The number of rotatable bonds is 5. The molecule has 2 fully saturated rings. The van der Waals surface area contributed by atoms with Gasteiger partial charge in [-0.25, -0.2) is 9.97 Å². The summed E-state index contributed by atoms with van der Waals surface area (Å²) in [5.74, 6) is 1.62. The maximum Gasteiger partial charge on any atom is 0.252 e. The number of aromatic amines is 2. The predicted octanol–water partition coefficient (Wildman–Crippen LogP) is 4.01. The Balaban J connectivity index is 0.000000176. The molecular formula is C30H32Br2Cl2N8O5. The van der Waals surface area contributed by atoms with Gasteiger partial charge in [-0.3, -0.25) is 19.3 Å². The average Bonchev–Trinajstić information content (AvgIpc) is 3.06. The van der Waals surface area contributed by atoms with E-state index in [1.165, 1.54) is 36.9 Å². The molecule has 0 spiro atoms. The number of phenols is 2. The van der Waals surface area contributed by atoms with Crippen LogP contribution in [-0.2, 0) is 6.54 Å². The molecule has 0 bridgehead atoms. The van der Waals surface area contributed by atoms with E-state index in [0.717, 1.165) is 63.7 Å². The lowest BCUT2D eigenvalue weighted by Crippen LogP contribution is -2.46. The van der Waals surface area contributed by atoms with Gasteiger partial charge in [-0.1, -0.05) is 23.2 Å². The summed E-state index contributed by atoms with van der Waals surface area (Å²) >= 11 is 18.0. The minimum Gasteiger partial charge on any atom is -0.506 e. The second-order valence-corrected chi connectivity index (χ2v) is 13.0. The van der Waals surface area contributed by atoms with Gasteiger partial charge in [-0.05, 0) is 56.1 Å². The van der Waals surface area contributed by atoms with Crippen molar-refractivity contribution in [1.29, 1.82) is 0 Å². The number of nitrogens with zero attached hydrogens (tertiary/aromatic N) is 5. The van der Waals surface area contributed by atoms with Gasteiger partial charge in [-0.15, -0.1) is 0 Å². The van der Waals surface area contributed by atoms with Crippen LogP contribution in [0, 0.1) is 0 Å². The topological polar surface area (TPSA) is 171 Å². The van der Waals surface area contributed by atoms with E-state index in [0.29, 0.717) is 37.6 Å². The standard InChI is InChI=1S/C15H16BrClN4O2.C8H12N4O.C7H4BrClO2/c16-12-6-11(17)5-10(15(12)23)8-20-1-3-21(4-2-20)13-7-14(22)19-9-18-13;13-8-5-7(10-6-11-8)12-3-1-9-2-4-12;8-6-2-5(9)1-4(3-10)7(6)11/h5-7,9,23H,1-4,8H2,(H,18,19,22);5-6,9H,1-4H2,(H,10,11,13);1-3,11H. The number of hydrogen-bond acceptors (Lipinski definition) is 11. The first-order chi connectivity index (χ1) is 22.5. The summed E-state index contributed by atoms with van der Waals surface area (Å²) in [5.41, 5.74) is 0.742. The van der Waals surface area contributed by atoms with Gasteiger partial charge >= 0.3 is 0 Å². The maximum atomic E-state index is 11.4. The quantitative estimate of drug-likeness (QED) is 0.185. The van der Waals surface area contributed by atoms with Crippen molar-refractivity contribution in [3.05, 3.63) is 99.9 Å². The third kappa shape index (κ3) is 10.8. The summed E-state index contributed by atoms with van der Waals surface area (Å²) in [4.78, 5) is 52.4. The smallest absolute Gasteiger partial charge is 0.252 e. The zero-order chi connectivity index (χ0) is 33.9. The highest BCUT2D eigenvalue weighted by atomic mass is 79.9. The fourth-order valence-electron chi connectivity index (χ4n) is 4.75. The molecule has 2 aliphatic rings. The molecule has 17 heteroatoms. The fraction of sp³-hybridized carbons (Fsp3) is 0.300. The normalized spacial score (nSPS) is 14.8. The summed E-state index contributed by atoms with van der Waals surface area (Å²) in [5, 5.41) is 23.6. The number of aromatic hydroxyl groups is 2. The van der Waals surface area contributed by atoms with Gasteiger partial charge in [0.05, 0.1) is 27.2 Å². The summed E-state index contributed by atoms with van der Waals surface area (Å²) in [6.45, 7) is 7.55. The number of benzene rings is 2. The molecule has 2 aromatic carbocycles. The Kier molecular flexibility index (Phi) is 13.6. The SMILES string of the molecule is O=Cc1cc(Cl)cc(Br)c1O.O=c1cc(N2CCN(Cc3cc(Cl)cc(Br)c3O)CC2)nc[nH]1.O=c1cc(N2CCNCC2)nc[nH]1. The van der Waals surface area contributed by atoms with Crippen LogP contribution in [0.1, 0.15) is 15.9 Å². The lowest BCUT2D eigenvalue weighted by Gasteiger charge is -2.35. The summed E-state index contributed by atoms with van der Waals surface area (Å²) in [6.07, 6.45) is 3.41. The molecule has 6 rings (SSSR count). The lowest BCUT2D eigenvalue weighted by atomic mass is 10.1. The third-order valence-electron chi connectivity index (χ3n) is 7.15. The van der Waals surface area contributed by atoms with Gasteiger partial charge in [-0.2, -0.15) is 0 Å². The molecule has 2 saturated heterocycles. The van der Waals surface area contributed by atoms with Crippen molar-refractivity contribution in [1.82, 2.24) is 30.2 Å². The molecule has 250 valence electrons. The Morgan fingerprint density at radius 3 is 1.79 bits per heavy atom. The number of carbonyl (C=O) groups excluding carboxylic acids is 1. The minimum absolute atomic E-state index is 0.0793. The molecule has 47 heavy (non-hydrogen) atoms. The molecule has 2 aliphatic heterocycles. The van der Waals surface area contributed by atoms with E-state index in [1.807, 2.05) is 0 Å². The van der Waals surface area contributed by atoms with Gasteiger partial charge in [0.25, 0.3) is 11.1 Å². The average molecular weight is 815 g/mol. The molecule has 0 amide bonds. The van der Waals surface area contributed by atoms with Gasteiger partial charge in [0.15, 0.2) is 6.29 Å². The second-order valence-electron chi connectivity index (χ2n) is 10.4. The zero-order valence-corrected chi connectivity index (χ0v) is 29.6. The van der Waals surface area contributed by atoms with Crippen LogP contribution >= 0.6 is 55.1 Å². The fourth-order valence-corrected chi connectivity index (χ4v) is 6.46. The number of aldehydes is 1. The van der Waals surface area contributed by atoms with Crippen LogP contribution < -0.4 is 26.2 Å². The highest BCUT2D eigenvalue weighted by Gasteiger charge is 2.20. The van der Waals surface area contributed by atoms with Crippen LogP contribution in [0.4, 0.5) is 11.6 Å². The predicted molar refractivity (Wildman–Crippen MR) is 189 cm³/mol. The van der Waals surface area contributed by atoms with Crippen molar-refractivity contribution in [2.24, 2.45) is 0 Å². The third-order valence-corrected chi connectivity index (χ3v) is 8.80. The minimum atomic E-state index is -0.147. The number of H-pyrrole nitrogens is 2. The van der Waals surface area contributed by atoms with Crippen molar-refractivity contribution in [2.75, 3.05) is 62.2 Å². The number of anilines is 2. The molecule has 5 N–H and O–H groups in total. The lowest BCUT2D eigenvalue weighted by molar-refractivity contribution is 0.112. The van der Waals surface area contributed by atoms with Gasteiger partial charge < -0.3 is 35.3 Å². The van der Waals surface area contributed by atoms with E-state index in [9.17, 15) is 24.6 Å². The van der Waals surface area contributed by atoms with Gasteiger partial charge in [0, 0.05) is 86.6 Å². The number of hydrogen-bond donors (Lipinski definition) is 5. The summed E-state index contributed by atoms with van der Waals surface area (Å²) in [6, 6.07) is 9.42. The number of phenolic OH excluding ortho intramolecular Hbond substituents is 2. The van der Waals surface area contributed by atoms with Gasteiger partial charge in [0.2, 0.25) is 0 Å². The highest BCUT2D eigenvalue weighted by Crippen LogP contribution is 2.33. The number of piperazine rings is 2. The van der Waals surface area contributed by atoms with Crippen molar-refractivity contribution in [3.63, 3.8) is 0 Å². The van der Waals surface area contributed by atoms with Crippen molar-refractivity contribution in [2.45, 2.75) is 6.54 Å². The van der Waals surface area contributed by atoms with Crippen LogP contribution in [0.2, 0.25) is 10.0 Å². The van der Waals surface area contributed by atoms with E-state index in [-0.39, 0.29) is 28.2 Å². The van der Waals surface area contributed by atoms with Crippen molar-refractivity contribution >= 4 is 73.0 Å². The molecule has 4 aromatic rings. The van der Waals surface area contributed by atoms with Crippen LogP contribution in [0.15, 0.2) is 67.6 Å². The van der Waals surface area contributed by atoms with E-state index in [2.05, 4.69) is 71.8 Å². The molecule has 0 aliphatic carbocycles. The monoisotopic (exact) mass is 812 g/mol. The van der Waals surface area contributed by atoms with Crippen LogP contribution in [0.3, 0.4) is 0 Å². The maximum absolute atomic E-state index is 11.4. The Morgan fingerprint density at radius 2 is 1.26 bits per heavy atom. The summed E-state index contributed by atoms with van der Waals surface area (Å²) < 4.78 is 1.03. The number of carbonyl (C=O) groups is 1. The molecule has 0 atom stereocenters. The van der Waals surface area contributed by atoms with Crippen LogP contribution in [0.25, 0.3) is 0 Å². The van der Waals surface area contributed by atoms with E-state index < -0.39 is 0 Å². The van der Waals surface area contributed by atoms with Gasteiger partial charge in [0.1, 0.15) is 23.1 Å². The molecule has 0 radical (unpaired) electrons. The zero-order valence-electron chi connectivity index (χ0n) is 24.9. The molecule has 0 unspecified atom stereocenters. The molecule has 2 aromatic heterocycles. The van der Waals surface area contributed by atoms with Crippen molar-refractivity contribution < 1.29 is 15.0 Å². The highest BCUT2D eigenvalue weighted by molar-refractivity contribution is 9.11. The van der Waals surface area contributed by atoms with Crippen LogP contribution in [0.5, 0.6) is 11.5 Å². The van der Waals surface area contributed by atoms with Crippen molar-refractivity contribution in [3.8, 4) is 11.5 Å². The molecular weight excluding hydrogens is 783 g/mol. The van der Waals surface area contributed by atoms with Crippen LogP contribution in [-0.4, -0.2) is 93.7 Å².